The lowest BCUT2D eigenvalue weighted by molar-refractivity contribution is -0.137. The van der Waals surface area contributed by atoms with Crippen LogP contribution in [-0.4, -0.2) is 11.9 Å². The molecule has 6 N–H and O–H groups in total. The van der Waals surface area contributed by atoms with Crippen LogP contribution in [0, 0.1) is 0 Å². The highest BCUT2D eigenvalue weighted by Crippen LogP contribution is 2.40. The van der Waals surface area contributed by atoms with Crippen LogP contribution in [-0.2, 0) is 6.18 Å². The molecule has 0 aliphatic heterocycles. The Kier molecular flexibility index (Phi) is 4.80. The van der Waals surface area contributed by atoms with E-state index < -0.39 is 11.7 Å². The van der Waals surface area contributed by atoms with Crippen molar-refractivity contribution >= 4 is 49.5 Å². The Morgan fingerprint density at radius 1 is 1.05 bits per heavy atom. The van der Waals surface area contributed by atoms with Crippen LogP contribution >= 0.6 is 31.9 Å². The fraction of sp³-hybridized carbons (Fsp3) is 0.111. The maximum Gasteiger partial charge on any atom is 0.416 e. The third-order valence-electron chi connectivity index (χ3n) is 1.81. The molecule has 0 aromatic heterocycles. The summed E-state index contributed by atoms with van der Waals surface area (Å²) < 4.78 is 37.9. The first-order valence-corrected chi connectivity index (χ1v) is 6.20. The second-order valence-corrected chi connectivity index (χ2v) is 5.00. The molecular formula is C9H8Br2F3N5. The zero-order valence-corrected chi connectivity index (χ0v) is 12.3. The van der Waals surface area contributed by atoms with Crippen molar-refractivity contribution in [1.29, 1.82) is 0 Å². The molecule has 0 heterocycles. The number of hydrogen-bond acceptors (Lipinski definition) is 1. The summed E-state index contributed by atoms with van der Waals surface area (Å²) in [6.45, 7) is 0. The van der Waals surface area contributed by atoms with Gasteiger partial charge >= 0.3 is 6.18 Å². The van der Waals surface area contributed by atoms with Crippen molar-refractivity contribution in [2.24, 2.45) is 27.2 Å². The lowest BCUT2D eigenvalue weighted by Crippen LogP contribution is -2.26. The molecule has 1 aromatic rings. The molecule has 10 heteroatoms. The monoisotopic (exact) mass is 401 g/mol. The summed E-state index contributed by atoms with van der Waals surface area (Å²) in [5, 5.41) is 0. The quantitative estimate of drug-likeness (QED) is 0.496. The van der Waals surface area contributed by atoms with Crippen molar-refractivity contribution < 1.29 is 13.2 Å². The van der Waals surface area contributed by atoms with Gasteiger partial charge in [0.1, 0.15) is 0 Å². The molecule has 0 saturated carbocycles. The first-order valence-electron chi connectivity index (χ1n) is 4.61. The predicted molar refractivity (Wildman–Crippen MR) is 73.9 cm³/mol. The Morgan fingerprint density at radius 2 is 1.53 bits per heavy atom. The molecule has 0 amide bonds. The van der Waals surface area contributed by atoms with Crippen LogP contribution in [0.3, 0.4) is 0 Å². The molecular weight excluding hydrogens is 395 g/mol. The summed E-state index contributed by atoms with van der Waals surface area (Å²) in [7, 11) is 0. The summed E-state index contributed by atoms with van der Waals surface area (Å²) in [5.41, 5.74) is 14.9. The van der Waals surface area contributed by atoms with Gasteiger partial charge in [0.25, 0.3) is 0 Å². The average molecular weight is 403 g/mol. The fourth-order valence-electron chi connectivity index (χ4n) is 1.11. The van der Waals surface area contributed by atoms with E-state index >= 15 is 0 Å². The molecule has 1 rings (SSSR count). The van der Waals surface area contributed by atoms with Crippen LogP contribution < -0.4 is 17.2 Å². The molecule has 1 aromatic carbocycles. The minimum atomic E-state index is -4.46. The number of hydrogen-bond donors (Lipinski definition) is 3. The van der Waals surface area contributed by atoms with Crippen molar-refractivity contribution in [3.05, 3.63) is 26.6 Å². The first-order chi connectivity index (χ1) is 8.61. The van der Waals surface area contributed by atoms with Gasteiger partial charge in [-0.05, 0) is 44.0 Å². The van der Waals surface area contributed by atoms with Gasteiger partial charge in [0.2, 0.25) is 5.96 Å². The van der Waals surface area contributed by atoms with Gasteiger partial charge in [-0.15, -0.1) is 0 Å². The molecule has 0 atom stereocenters. The number of aliphatic imine (C=N–C) groups is 2. The van der Waals surface area contributed by atoms with Crippen molar-refractivity contribution in [3.8, 4) is 0 Å². The van der Waals surface area contributed by atoms with Gasteiger partial charge in [0, 0.05) is 8.95 Å². The summed E-state index contributed by atoms with van der Waals surface area (Å²) in [6.07, 6.45) is -4.46. The zero-order valence-electron chi connectivity index (χ0n) is 9.17. The van der Waals surface area contributed by atoms with Gasteiger partial charge < -0.3 is 17.2 Å². The van der Waals surface area contributed by atoms with Crippen LogP contribution in [0.2, 0.25) is 0 Å². The van der Waals surface area contributed by atoms with Gasteiger partial charge in [-0.2, -0.15) is 18.2 Å². The normalized spacial score (nSPS) is 12.4. The number of alkyl halides is 3. The Bertz CT molecular complexity index is 526. The molecule has 5 nitrogen and oxygen atoms in total. The summed E-state index contributed by atoms with van der Waals surface area (Å²) in [6, 6.07) is 1.76. The van der Waals surface area contributed by atoms with Gasteiger partial charge in [-0.1, -0.05) is 0 Å². The van der Waals surface area contributed by atoms with Crippen LogP contribution in [0.15, 0.2) is 31.1 Å². The molecule has 0 aliphatic rings. The molecule has 104 valence electrons. The van der Waals surface area contributed by atoms with Crippen LogP contribution in [0.25, 0.3) is 0 Å². The molecule has 19 heavy (non-hydrogen) atoms. The topological polar surface area (TPSA) is 103 Å². The van der Waals surface area contributed by atoms with Crippen molar-refractivity contribution in [3.63, 3.8) is 0 Å². The zero-order chi connectivity index (χ0) is 14.8. The second-order valence-electron chi connectivity index (χ2n) is 3.29. The van der Waals surface area contributed by atoms with E-state index in [1.54, 1.807) is 0 Å². The third kappa shape index (κ3) is 4.39. The highest BCUT2D eigenvalue weighted by atomic mass is 79.9. The first kappa shape index (κ1) is 15.8. The number of guanidine groups is 2. The summed E-state index contributed by atoms with van der Waals surface area (Å²) >= 11 is 5.96. The van der Waals surface area contributed by atoms with Crippen molar-refractivity contribution in [2.75, 3.05) is 0 Å². The highest BCUT2D eigenvalue weighted by Gasteiger charge is 2.31. The molecule has 0 spiro atoms. The van der Waals surface area contributed by atoms with E-state index in [1.807, 2.05) is 0 Å². The van der Waals surface area contributed by atoms with E-state index in [0.717, 1.165) is 12.1 Å². The highest BCUT2D eigenvalue weighted by molar-refractivity contribution is 9.11. The van der Waals surface area contributed by atoms with E-state index in [2.05, 4.69) is 41.8 Å². The van der Waals surface area contributed by atoms with Gasteiger partial charge in [0.15, 0.2) is 5.96 Å². The number of rotatable bonds is 1. The predicted octanol–water partition coefficient (Wildman–Crippen LogP) is 2.45. The van der Waals surface area contributed by atoms with Crippen molar-refractivity contribution in [1.82, 2.24) is 0 Å². The van der Waals surface area contributed by atoms with Crippen LogP contribution in [0.4, 0.5) is 18.9 Å². The van der Waals surface area contributed by atoms with Gasteiger partial charge in [-0.3, -0.25) is 0 Å². The van der Waals surface area contributed by atoms with Gasteiger partial charge in [0.05, 0.1) is 11.3 Å². The van der Waals surface area contributed by atoms with Crippen LogP contribution in [0.5, 0.6) is 0 Å². The molecule has 0 aliphatic carbocycles. The van der Waals surface area contributed by atoms with E-state index in [9.17, 15) is 13.2 Å². The van der Waals surface area contributed by atoms with Crippen molar-refractivity contribution in [2.45, 2.75) is 6.18 Å². The van der Waals surface area contributed by atoms with E-state index in [4.69, 9.17) is 17.2 Å². The molecule has 0 saturated heterocycles. The Balaban J connectivity index is 3.30. The maximum atomic E-state index is 12.6. The lowest BCUT2D eigenvalue weighted by atomic mass is 10.2. The largest absolute Gasteiger partial charge is 0.416 e. The number of nitrogens with zero attached hydrogens (tertiary/aromatic N) is 2. The van der Waals surface area contributed by atoms with Gasteiger partial charge in [-0.25, -0.2) is 4.99 Å². The average Bonchev–Trinajstić information content (AvgIpc) is 2.20. The molecule has 0 radical (unpaired) electrons. The van der Waals surface area contributed by atoms with E-state index in [1.165, 1.54) is 0 Å². The molecule has 0 unspecified atom stereocenters. The SMILES string of the molecule is NC(N)=NC(N)=Nc1c(Br)cc(C(F)(F)F)cc1Br. The van der Waals surface area contributed by atoms with E-state index in [-0.39, 0.29) is 26.6 Å². The second kappa shape index (κ2) is 5.78. The Hall–Kier alpha value is -1.29. The smallest absolute Gasteiger partial charge is 0.370 e. The van der Waals surface area contributed by atoms with Crippen LogP contribution in [0.1, 0.15) is 5.56 Å². The Morgan fingerprint density at radius 3 is 1.89 bits per heavy atom. The lowest BCUT2D eigenvalue weighted by Gasteiger charge is -2.10. The number of benzene rings is 1. The summed E-state index contributed by atoms with van der Waals surface area (Å²) in [5.74, 6) is -0.582. The minimum absolute atomic E-state index is 0.0999. The number of nitrogens with two attached hydrogens (primary N) is 3. The maximum absolute atomic E-state index is 12.6. The standard InChI is InChI=1S/C9H8Br2F3N5/c10-4-1-3(9(12,13)14)2-5(11)6(4)18-8(17)19-7(15)16/h1-2H,(H6,15,16,17,18,19). The number of halogens is 5. The van der Waals surface area contributed by atoms with E-state index in [0.29, 0.717) is 0 Å². The molecule has 0 fully saturated rings. The molecule has 0 bridgehead atoms. The summed E-state index contributed by atoms with van der Waals surface area (Å²) in [4.78, 5) is 7.27. The Labute approximate surface area is 123 Å². The third-order valence-corrected chi connectivity index (χ3v) is 3.02. The minimum Gasteiger partial charge on any atom is -0.370 e. The fourth-order valence-corrected chi connectivity index (χ4v) is 2.47.